The first kappa shape index (κ1) is 19.7. The molecule has 0 atom stereocenters. The first-order valence-corrected chi connectivity index (χ1v) is 11.0. The van der Waals surface area contributed by atoms with E-state index in [0.29, 0.717) is 12.3 Å². The SMILES string of the molecule is O=C(CSCc1ccc(Br)cc1)NCCSCc1ccc(Cl)cc1. The minimum atomic E-state index is 0.101. The molecule has 128 valence electrons. The topological polar surface area (TPSA) is 29.1 Å². The Hall–Kier alpha value is -0.620. The molecule has 1 N–H and O–H groups in total. The third kappa shape index (κ3) is 7.97. The predicted molar refractivity (Wildman–Crippen MR) is 111 cm³/mol. The fourth-order valence-electron chi connectivity index (χ4n) is 1.93. The number of nitrogens with one attached hydrogen (secondary N) is 1. The third-order valence-corrected chi connectivity index (χ3v) is 5.98. The van der Waals surface area contributed by atoms with Gasteiger partial charge < -0.3 is 5.32 Å². The van der Waals surface area contributed by atoms with Crippen molar-refractivity contribution in [2.24, 2.45) is 0 Å². The van der Waals surface area contributed by atoms with E-state index in [1.165, 1.54) is 11.1 Å². The molecule has 6 heteroatoms. The lowest BCUT2D eigenvalue weighted by molar-refractivity contribution is -0.118. The molecule has 0 spiro atoms. The summed E-state index contributed by atoms with van der Waals surface area (Å²) in [6.45, 7) is 0.704. The lowest BCUT2D eigenvalue weighted by Crippen LogP contribution is -2.27. The van der Waals surface area contributed by atoms with Crippen LogP contribution in [0.2, 0.25) is 5.02 Å². The molecule has 24 heavy (non-hydrogen) atoms. The Morgan fingerprint density at radius 3 is 2.21 bits per heavy atom. The van der Waals surface area contributed by atoms with Gasteiger partial charge in [-0.3, -0.25) is 4.79 Å². The van der Waals surface area contributed by atoms with Crippen LogP contribution in [-0.2, 0) is 16.3 Å². The second-order valence-electron chi connectivity index (χ2n) is 5.15. The molecule has 0 unspecified atom stereocenters. The Labute approximate surface area is 165 Å². The maximum absolute atomic E-state index is 11.8. The normalized spacial score (nSPS) is 10.6. The Balaban J connectivity index is 1.51. The van der Waals surface area contributed by atoms with Gasteiger partial charge in [-0.2, -0.15) is 11.8 Å². The van der Waals surface area contributed by atoms with E-state index in [2.05, 4.69) is 33.4 Å². The van der Waals surface area contributed by atoms with E-state index in [-0.39, 0.29) is 5.91 Å². The van der Waals surface area contributed by atoms with E-state index in [4.69, 9.17) is 11.6 Å². The number of amides is 1. The second-order valence-corrected chi connectivity index (χ2v) is 8.59. The van der Waals surface area contributed by atoms with Crippen molar-refractivity contribution in [3.05, 3.63) is 69.2 Å². The van der Waals surface area contributed by atoms with Crippen molar-refractivity contribution in [3.63, 3.8) is 0 Å². The Bertz CT molecular complexity index is 634. The third-order valence-electron chi connectivity index (χ3n) is 3.17. The largest absolute Gasteiger partial charge is 0.355 e. The molecule has 2 aromatic carbocycles. The van der Waals surface area contributed by atoms with Gasteiger partial charge in [0.2, 0.25) is 5.91 Å². The fourth-order valence-corrected chi connectivity index (χ4v) is 3.95. The molecule has 0 aliphatic heterocycles. The zero-order valence-corrected chi connectivity index (χ0v) is 17.1. The Kier molecular flexibility index (Phi) is 9.10. The molecule has 0 aliphatic rings. The van der Waals surface area contributed by atoms with Gasteiger partial charge in [0.25, 0.3) is 0 Å². The monoisotopic (exact) mass is 443 g/mol. The van der Waals surface area contributed by atoms with Crippen LogP contribution < -0.4 is 5.32 Å². The average Bonchev–Trinajstić information content (AvgIpc) is 2.58. The van der Waals surface area contributed by atoms with Crippen molar-refractivity contribution in [1.82, 2.24) is 5.32 Å². The maximum Gasteiger partial charge on any atom is 0.230 e. The summed E-state index contributed by atoms with van der Waals surface area (Å²) in [5, 5.41) is 3.73. The molecule has 0 aromatic heterocycles. The molecule has 0 saturated heterocycles. The summed E-state index contributed by atoms with van der Waals surface area (Å²) in [6, 6.07) is 16.1. The highest BCUT2D eigenvalue weighted by Gasteiger charge is 2.02. The number of carbonyl (C=O) groups excluding carboxylic acids is 1. The number of thioether (sulfide) groups is 2. The standard InChI is InChI=1S/C18H19BrClNOS2/c19-16-5-1-14(2-6-16)12-24-13-18(22)21-9-10-23-11-15-3-7-17(20)8-4-15/h1-8H,9-13H2,(H,21,22). The summed E-state index contributed by atoms with van der Waals surface area (Å²) in [7, 11) is 0. The molecule has 2 nitrogen and oxygen atoms in total. The summed E-state index contributed by atoms with van der Waals surface area (Å²) >= 11 is 12.7. The number of hydrogen-bond donors (Lipinski definition) is 1. The van der Waals surface area contributed by atoms with Crippen molar-refractivity contribution >= 4 is 57.0 Å². The van der Waals surface area contributed by atoms with Crippen LogP contribution in [0.15, 0.2) is 53.0 Å². The predicted octanol–water partition coefficient (Wildman–Crippen LogP) is 5.39. The van der Waals surface area contributed by atoms with Crippen molar-refractivity contribution in [2.75, 3.05) is 18.1 Å². The number of carbonyl (C=O) groups is 1. The first-order valence-electron chi connectivity index (χ1n) is 7.54. The van der Waals surface area contributed by atoms with E-state index < -0.39 is 0 Å². The lowest BCUT2D eigenvalue weighted by Gasteiger charge is -2.06. The number of rotatable bonds is 9. The minimum Gasteiger partial charge on any atom is -0.355 e. The smallest absolute Gasteiger partial charge is 0.230 e. The molecular formula is C18H19BrClNOS2. The van der Waals surface area contributed by atoms with Crippen molar-refractivity contribution < 1.29 is 4.79 Å². The highest BCUT2D eigenvalue weighted by molar-refractivity contribution is 9.10. The van der Waals surface area contributed by atoms with Gasteiger partial charge in [0.05, 0.1) is 5.75 Å². The van der Waals surface area contributed by atoms with Crippen LogP contribution in [0.1, 0.15) is 11.1 Å². The van der Waals surface area contributed by atoms with Crippen LogP contribution in [0.3, 0.4) is 0 Å². The quantitative estimate of drug-likeness (QED) is 0.526. The van der Waals surface area contributed by atoms with Crippen LogP contribution in [0.25, 0.3) is 0 Å². The molecule has 2 aromatic rings. The van der Waals surface area contributed by atoms with E-state index >= 15 is 0 Å². The summed E-state index contributed by atoms with van der Waals surface area (Å²) in [5.74, 6) is 3.30. The van der Waals surface area contributed by atoms with Crippen LogP contribution in [-0.4, -0.2) is 24.0 Å². The van der Waals surface area contributed by atoms with Gasteiger partial charge in [0.15, 0.2) is 0 Å². The second kappa shape index (κ2) is 11.1. The summed E-state index contributed by atoms with van der Waals surface area (Å²) in [5.41, 5.74) is 2.48. The molecular weight excluding hydrogens is 426 g/mol. The number of hydrogen-bond acceptors (Lipinski definition) is 3. The zero-order chi connectivity index (χ0) is 17.2. The summed E-state index contributed by atoms with van der Waals surface area (Å²) < 4.78 is 1.07. The average molecular weight is 445 g/mol. The first-order chi connectivity index (χ1) is 11.6. The van der Waals surface area contributed by atoms with E-state index in [1.807, 2.05) is 48.2 Å². The molecule has 1 amide bonds. The zero-order valence-electron chi connectivity index (χ0n) is 13.1. The Morgan fingerprint density at radius 2 is 1.54 bits per heavy atom. The molecule has 0 fully saturated rings. The highest BCUT2D eigenvalue weighted by Crippen LogP contribution is 2.16. The van der Waals surface area contributed by atoms with Crippen LogP contribution in [0.4, 0.5) is 0 Å². The maximum atomic E-state index is 11.8. The van der Waals surface area contributed by atoms with Gasteiger partial charge in [0.1, 0.15) is 0 Å². The molecule has 0 aliphatic carbocycles. The van der Waals surface area contributed by atoms with Crippen molar-refractivity contribution in [2.45, 2.75) is 11.5 Å². The van der Waals surface area contributed by atoms with Gasteiger partial charge in [-0.1, -0.05) is 51.8 Å². The van der Waals surface area contributed by atoms with E-state index in [0.717, 1.165) is 26.8 Å². The minimum absolute atomic E-state index is 0.101. The van der Waals surface area contributed by atoms with Gasteiger partial charge in [-0.05, 0) is 35.4 Å². The molecule has 0 heterocycles. The number of benzene rings is 2. The van der Waals surface area contributed by atoms with Gasteiger partial charge in [0, 0.05) is 33.3 Å². The highest BCUT2D eigenvalue weighted by atomic mass is 79.9. The lowest BCUT2D eigenvalue weighted by atomic mass is 10.2. The van der Waals surface area contributed by atoms with Gasteiger partial charge in [-0.15, -0.1) is 11.8 Å². The van der Waals surface area contributed by atoms with Crippen molar-refractivity contribution in [1.29, 1.82) is 0 Å². The van der Waals surface area contributed by atoms with Crippen LogP contribution >= 0.6 is 51.1 Å². The number of halogens is 2. The van der Waals surface area contributed by atoms with Gasteiger partial charge in [-0.25, -0.2) is 0 Å². The van der Waals surface area contributed by atoms with Crippen LogP contribution in [0, 0.1) is 0 Å². The molecule has 0 saturated carbocycles. The van der Waals surface area contributed by atoms with Crippen LogP contribution in [0.5, 0.6) is 0 Å². The van der Waals surface area contributed by atoms with E-state index in [9.17, 15) is 4.79 Å². The molecule has 2 rings (SSSR count). The Morgan fingerprint density at radius 1 is 0.958 bits per heavy atom. The molecule has 0 radical (unpaired) electrons. The summed E-state index contributed by atoms with van der Waals surface area (Å²) in [4.78, 5) is 11.8. The summed E-state index contributed by atoms with van der Waals surface area (Å²) in [6.07, 6.45) is 0. The molecule has 0 bridgehead atoms. The van der Waals surface area contributed by atoms with E-state index in [1.54, 1.807) is 11.8 Å². The van der Waals surface area contributed by atoms with Crippen molar-refractivity contribution in [3.8, 4) is 0 Å². The fraction of sp³-hybridized carbons (Fsp3) is 0.278. The van der Waals surface area contributed by atoms with Gasteiger partial charge >= 0.3 is 0 Å².